The topological polar surface area (TPSA) is 34.1 Å². The van der Waals surface area contributed by atoms with Crippen molar-refractivity contribution < 1.29 is 17.9 Å². The van der Waals surface area contributed by atoms with Crippen LogP contribution in [0.2, 0.25) is 0 Å². The highest BCUT2D eigenvalue weighted by molar-refractivity contribution is 7.09. The molecular formula is C10H15F3N2OS. The zero-order valence-corrected chi connectivity index (χ0v) is 10.5. The Balaban J connectivity index is 2.34. The van der Waals surface area contributed by atoms with E-state index in [1.165, 1.54) is 11.3 Å². The van der Waals surface area contributed by atoms with Gasteiger partial charge in [-0.15, -0.1) is 11.3 Å². The Hall–Kier alpha value is -0.660. The van der Waals surface area contributed by atoms with Gasteiger partial charge >= 0.3 is 6.18 Å². The molecule has 0 amide bonds. The van der Waals surface area contributed by atoms with Gasteiger partial charge in [-0.05, 0) is 14.0 Å². The smallest absolute Gasteiger partial charge is 0.370 e. The monoisotopic (exact) mass is 268 g/mol. The van der Waals surface area contributed by atoms with E-state index in [0.29, 0.717) is 6.42 Å². The summed E-state index contributed by atoms with van der Waals surface area (Å²) < 4.78 is 40.3. The van der Waals surface area contributed by atoms with Crippen LogP contribution in [-0.2, 0) is 11.2 Å². The summed E-state index contributed by atoms with van der Waals surface area (Å²) in [6, 6.07) is -0.150. The predicted octanol–water partition coefficient (Wildman–Crippen LogP) is 2.16. The van der Waals surface area contributed by atoms with Gasteiger partial charge in [-0.1, -0.05) is 0 Å². The van der Waals surface area contributed by atoms with Gasteiger partial charge in [0, 0.05) is 23.5 Å². The molecule has 98 valence electrons. The first-order valence-corrected chi connectivity index (χ1v) is 6.01. The number of halogens is 3. The normalized spacial score (nSPS) is 13.9. The molecule has 0 aromatic carbocycles. The molecule has 1 heterocycles. The van der Waals surface area contributed by atoms with E-state index in [0.717, 1.165) is 10.7 Å². The minimum Gasteiger partial charge on any atom is -0.370 e. The van der Waals surface area contributed by atoms with E-state index in [1.54, 1.807) is 7.05 Å². The summed E-state index contributed by atoms with van der Waals surface area (Å²) in [6.45, 7) is 0.700. The maximum Gasteiger partial charge on any atom is 0.411 e. The molecule has 0 radical (unpaired) electrons. The van der Waals surface area contributed by atoms with E-state index in [4.69, 9.17) is 0 Å². The second-order valence-corrected chi connectivity index (χ2v) is 4.65. The number of thiazole rings is 1. The number of nitrogens with zero attached hydrogens (tertiary/aromatic N) is 1. The van der Waals surface area contributed by atoms with Gasteiger partial charge in [-0.25, -0.2) is 4.98 Å². The van der Waals surface area contributed by atoms with Crippen molar-refractivity contribution in [3.63, 3.8) is 0 Å². The number of ether oxygens (including phenoxy) is 1. The van der Waals surface area contributed by atoms with E-state index in [2.05, 4.69) is 15.0 Å². The number of rotatable bonds is 6. The van der Waals surface area contributed by atoms with Crippen LogP contribution in [0.15, 0.2) is 5.38 Å². The number of likely N-dealkylation sites (N-methyl/N-ethyl adjacent to an activating group) is 1. The van der Waals surface area contributed by atoms with Crippen LogP contribution in [0.5, 0.6) is 0 Å². The maximum absolute atomic E-state index is 11.9. The zero-order chi connectivity index (χ0) is 12.9. The van der Waals surface area contributed by atoms with Crippen molar-refractivity contribution >= 4 is 11.3 Å². The van der Waals surface area contributed by atoms with Crippen LogP contribution in [0.1, 0.15) is 10.7 Å². The molecule has 1 aromatic heterocycles. The average Bonchev–Trinajstić information content (AvgIpc) is 2.60. The van der Waals surface area contributed by atoms with Crippen molar-refractivity contribution in [3.8, 4) is 0 Å². The Morgan fingerprint density at radius 2 is 2.24 bits per heavy atom. The first kappa shape index (κ1) is 14.4. The molecule has 0 spiro atoms. The van der Waals surface area contributed by atoms with Crippen molar-refractivity contribution in [1.29, 1.82) is 0 Å². The van der Waals surface area contributed by atoms with Crippen molar-refractivity contribution in [2.75, 3.05) is 20.3 Å². The SMILES string of the molecule is CNC(COCC(F)(F)F)Cc1nc(C)cs1. The third-order valence-electron chi connectivity index (χ3n) is 2.08. The molecule has 1 rings (SSSR count). The molecule has 3 nitrogen and oxygen atoms in total. The number of nitrogens with one attached hydrogen (secondary N) is 1. The fourth-order valence-corrected chi connectivity index (χ4v) is 2.12. The van der Waals surface area contributed by atoms with E-state index in [9.17, 15) is 13.2 Å². The number of hydrogen-bond donors (Lipinski definition) is 1. The lowest BCUT2D eigenvalue weighted by Gasteiger charge is -2.15. The van der Waals surface area contributed by atoms with Crippen LogP contribution in [-0.4, -0.2) is 37.5 Å². The standard InChI is InChI=1S/C10H15F3N2OS/c1-7-5-17-9(15-7)3-8(14-2)4-16-6-10(11,12)13/h5,8,14H,3-4,6H2,1-2H3. The molecule has 0 aliphatic heterocycles. The van der Waals surface area contributed by atoms with Crippen molar-refractivity contribution in [3.05, 3.63) is 16.1 Å². The summed E-state index contributed by atoms with van der Waals surface area (Å²) in [5, 5.41) is 5.74. The quantitative estimate of drug-likeness (QED) is 0.858. The predicted molar refractivity (Wildman–Crippen MR) is 60.3 cm³/mol. The van der Waals surface area contributed by atoms with Gasteiger partial charge in [0.1, 0.15) is 6.61 Å². The summed E-state index contributed by atoms with van der Waals surface area (Å²) in [6.07, 6.45) is -3.69. The van der Waals surface area contributed by atoms with Gasteiger partial charge in [-0.2, -0.15) is 13.2 Å². The van der Waals surface area contributed by atoms with Crippen LogP contribution in [0.4, 0.5) is 13.2 Å². The molecule has 0 saturated carbocycles. The summed E-state index contributed by atoms with van der Waals surface area (Å²) in [4.78, 5) is 4.26. The Labute approximate surface area is 102 Å². The maximum atomic E-state index is 11.9. The van der Waals surface area contributed by atoms with E-state index in [-0.39, 0.29) is 12.6 Å². The van der Waals surface area contributed by atoms with Gasteiger partial charge in [-0.3, -0.25) is 0 Å². The Morgan fingerprint density at radius 3 is 2.71 bits per heavy atom. The lowest BCUT2D eigenvalue weighted by molar-refractivity contribution is -0.175. The molecule has 7 heteroatoms. The van der Waals surface area contributed by atoms with Gasteiger partial charge in [0.25, 0.3) is 0 Å². The first-order chi connectivity index (χ1) is 7.90. The number of aromatic nitrogens is 1. The highest BCUT2D eigenvalue weighted by Crippen LogP contribution is 2.15. The molecule has 1 atom stereocenters. The zero-order valence-electron chi connectivity index (χ0n) is 9.67. The van der Waals surface area contributed by atoms with Crippen LogP contribution in [0.3, 0.4) is 0 Å². The summed E-state index contributed by atoms with van der Waals surface area (Å²) in [7, 11) is 1.70. The van der Waals surface area contributed by atoms with Crippen molar-refractivity contribution in [2.24, 2.45) is 0 Å². The van der Waals surface area contributed by atoms with Gasteiger partial charge in [0.15, 0.2) is 0 Å². The lowest BCUT2D eigenvalue weighted by atomic mass is 10.2. The van der Waals surface area contributed by atoms with E-state index < -0.39 is 12.8 Å². The third-order valence-corrected chi connectivity index (χ3v) is 3.07. The molecule has 0 aliphatic carbocycles. The van der Waals surface area contributed by atoms with Gasteiger partial charge in [0.05, 0.1) is 11.6 Å². The van der Waals surface area contributed by atoms with E-state index >= 15 is 0 Å². The number of hydrogen-bond acceptors (Lipinski definition) is 4. The third kappa shape index (κ3) is 5.99. The van der Waals surface area contributed by atoms with Crippen LogP contribution >= 0.6 is 11.3 Å². The largest absolute Gasteiger partial charge is 0.411 e. The fourth-order valence-electron chi connectivity index (χ4n) is 1.27. The molecule has 1 aromatic rings. The molecule has 0 bridgehead atoms. The molecule has 1 unspecified atom stereocenters. The molecule has 17 heavy (non-hydrogen) atoms. The minimum absolute atomic E-state index is 0.0225. The Bertz CT molecular complexity index is 341. The molecule has 0 fully saturated rings. The minimum atomic E-state index is -4.27. The fraction of sp³-hybridized carbons (Fsp3) is 0.700. The van der Waals surface area contributed by atoms with E-state index in [1.807, 2.05) is 12.3 Å². The second-order valence-electron chi connectivity index (χ2n) is 3.70. The van der Waals surface area contributed by atoms with Crippen LogP contribution in [0, 0.1) is 6.92 Å². The van der Waals surface area contributed by atoms with Crippen molar-refractivity contribution in [2.45, 2.75) is 25.6 Å². The van der Waals surface area contributed by atoms with Gasteiger partial charge < -0.3 is 10.1 Å². The molecule has 1 N–H and O–H groups in total. The summed E-state index contributed by atoms with van der Waals surface area (Å²) in [5.74, 6) is 0. The average molecular weight is 268 g/mol. The highest BCUT2D eigenvalue weighted by atomic mass is 32.1. The summed E-state index contributed by atoms with van der Waals surface area (Å²) >= 11 is 1.50. The first-order valence-electron chi connectivity index (χ1n) is 5.13. The second kappa shape index (κ2) is 6.32. The molecular weight excluding hydrogens is 253 g/mol. The molecule has 0 saturated heterocycles. The Morgan fingerprint density at radius 1 is 1.53 bits per heavy atom. The van der Waals surface area contributed by atoms with Crippen LogP contribution < -0.4 is 5.32 Å². The van der Waals surface area contributed by atoms with Gasteiger partial charge in [0.2, 0.25) is 0 Å². The van der Waals surface area contributed by atoms with Crippen molar-refractivity contribution in [1.82, 2.24) is 10.3 Å². The number of alkyl halides is 3. The highest BCUT2D eigenvalue weighted by Gasteiger charge is 2.27. The van der Waals surface area contributed by atoms with Crippen LogP contribution in [0.25, 0.3) is 0 Å². The molecule has 0 aliphatic rings. The Kier molecular flexibility index (Phi) is 5.35. The summed E-state index contributed by atoms with van der Waals surface area (Å²) in [5.41, 5.74) is 0.927. The lowest BCUT2D eigenvalue weighted by Crippen LogP contribution is -2.34. The number of aryl methyl sites for hydroxylation is 1.